The second-order valence-electron chi connectivity index (χ2n) is 4.81. The maximum Gasteiger partial charge on any atom is 0.263 e. The highest BCUT2D eigenvalue weighted by molar-refractivity contribution is 7.93. The number of sulfonamides is 1. The van der Waals surface area contributed by atoms with Crippen molar-refractivity contribution in [2.24, 2.45) is 0 Å². The Balaban J connectivity index is 1.87. The van der Waals surface area contributed by atoms with Crippen molar-refractivity contribution in [2.75, 3.05) is 16.6 Å². The molecule has 21 heavy (non-hydrogen) atoms. The molecule has 112 valence electrons. The molecule has 0 radical (unpaired) electrons. The largest absolute Gasteiger partial charge is 0.385 e. The average Bonchev–Trinajstić information content (AvgIpc) is 2.93. The van der Waals surface area contributed by atoms with Gasteiger partial charge >= 0.3 is 0 Å². The summed E-state index contributed by atoms with van der Waals surface area (Å²) in [6.45, 7) is 2.89. The second-order valence-corrected chi connectivity index (χ2v) is 7.55. The van der Waals surface area contributed by atoms with Gasteiger partial charge in [-0.25, -0.2) is 8.42 Å². The van der Waals surface area contributed by atoms with Gasteiger partial charge in [-0.2, -0.15) is 0 Å². The van der Waals surface area contributed by atoms with Gasteiger partial charge in [-0.1, -0.05) is 18.3 Å². The van der Waals surface area contributed by atoms with E-state index in [-0.39, 0.29) is 4.90 Å². The fraction of sp³-hybridized carbons (Fsp3) is 0.385. The van der Waals surface area contributed by atoms with Crippen LogP contribution in [-0.4, -0.2) is 25.2 Å². The van der Waals surface area contributed by atoms with Crippen LogP contribution < -0.4 is 10.0 Å². The molecular weight excluding hydrogens is 308 g/mol. The van der Waals surface area contributed by atoms with Crippen molar-refractivity contribution in [3.8, 4) is 0 Å². The van der Waals surface area contributed by atoms with Crippen LogP contribution in [0.3, 0.4) is 0 Å². The first-order chi connectivity index (χ1) is 10.1. The molecule has 0 unspecified atom stereocenters. The predicted molar refractivity (Wildman–Crippen MR) is 83.3 cm³/mol. The van der Waals surface area contributed by atoms with E-state index in [0.29, 0.717) is 5.13 Å². The first-order valence-corrected chi connectivity index (χ1v) is 9.10. The Hall–Kier alpha value is -1.67. The van der Waals surface area contributed by atoms with E-state index in [1.807, 2.05) is 13.0 Å². The third-order valence-electron chi connectivity index (χ3n) is 3.32. The molecule has 2 aromatic rings. The lowest BCUT2D eigenvalue weighted by Gasteiger charge is -2.18. The first kappa shape index (κ1) is 14.3. The Morgan fingerprint density at radius 1 is 1.38 bits per heavy atom. The van der Waals surface area contributed by atoms with Gasteiger partial charge in [0.2, 0.25) is 5.13 Å². The number of hydrogen-bond acceptors (Lipinski definition) is 6. The third-order valence-corrected chi connectivity index (χ3v) is 5.77. The van der Waals surface area contributed by atoms with Gasteiger partial charge in [0.1, 0.15) is 5.01 Å². The molecule has 0 spiro atoms. The molecular formula is C13H16N4O2S2. The lowest BCUT2D eigenvalue weighted by molar-refractivity contribution is 0.601. The predicted octanol–water partition coefficient (Wildman–Crippen LogP) is 2.26. The molecule has 0 saturated heterocycles. The van der Waals surface area contributed by atoms with Gasteiger partial charge in [0.15, 0.2) is 0 Å². The van der Waals surface area contributed by atoms with E-state index in [1.54, 1.807) is 12.1 Å². The van der Waals surface area contributed by atoms with E-state index < -0.39 is 10.0 Å². The van der Waals surface area contributed by atoms with Crippen LogP contribution >= 0.6 is 11.3 Å². The minimum Gasteiger partial charge on any atom is -0.385 e. The second kappa shape index (κ2) is 5.61. The van der Waals surface area contributed by atoms with Crippen molar-refractivity contribution in [1.82, 2.24) is 10.2 Å². The normalized spacial score (nSPS) is 14.3. The molecule has 0 amide bonds. The van der Waals surface area contributed by atoms with E-state index in [9.17, 15) is 8.42 Å². The highest BCUT2D eigenvalue weighted by Crippen LogP contribution is 2.26. The van der Waals surface area contributed by atoms with Gasteiger partial charge in [-0.05, 0) is 43.0 Å². The van der Waals surface area contributed by atoms with E-state index >= 15 is 0 Å². The molecule has 1 aliphatic rings. The van der Waals surface area contributed by atoms with Crippen molar-refractivity contribution in [3.63, 3.8) is 0 Å². The SMILES string of the molecule is CCc1nnc(NS(=O)(=O)c2ccc3c(c2)CCCN3)s1. The molecule has 0 aliphatic carbocycles. The van der Waals surface area contributed by atoms with Gasteiger partial charge in [0.05, 0.1) is 4.90 Å². The molecule has 6 nitrogen and oxygen atoms in total. The zero-order chi connectivity index (χ0) is 14.9. The standard InChI is InChI=1S/C13H16N4O2S2/c1-2-12-15-16-13(20-12)17-21(18,19)10-5-6-11-9(8-10)4-3-7-14-11/h5-6,8,14H,2-4,7H2,1H3,(H,16,17). The monoisotopic (exact) mass is 324 g/mol. The Labute approximate surface area is 127 Å². The van der Waals surface area contributed by atoms with Crippen LogP contribution in [0.5, 0.6) is 0 Å². The first-order valence-electron chi connectivity index (χ1n) is 6.80. The summed E-state index contributed by atoms with van der Waals surface area (Å²) in [5.74, 6) is 0. The number of rotatable bonds is 4. The van der Waals surface area contributed by atoms with E-state index in [1.165, 1.54) is 11.3 Å². The fourth-order valence-electron chi connectivity index (χ4n) is 2.23. The average molecular weight is 324 g/mol. The number of aromatic nitrogens is 2. The Morgan fingerprint density at radius 2 is 2.24 bits per heavy atom. The smallest absolute Gasteiger partial charge is 0.263 e. The summed E-state index contributed by atoms with van der Waals surface area (Å²) in [5.41, 5.74) is 2.06. The number of hydrogen-bond donors (Lipinski definition) is 2. The number of aryl methyl sites for hydroxylation is 2. The molecule has 0 atom stereocenters. The third kappa shape index (κ3) is 3.01. The minimum atomic E-state index is -3.61. The zero-order valence-electron chi connectivity index (χ0n) is 11.6. The van der Waals surface area contributed by atoms with Gasteiger partial charge < -0.3 is 5.32 Å². The molecule has 3 rings (SSSR count). The van der Waals surface area contributed by atoms with Crippen molar-refractivity contribution in [1.29, 1.82) is 0 Å². The van der Waals surface area contributed by atoms with Crippen LogP contribution in [-0.2, 0) is 22.9 Å². The molecule has 0 bridgehead atoms. The summed E-state index contributed by atoms with van der Waals surface area (Å²) in [5, 5.41) is 12.1. The molecule has 0 saturated carbocycles. The highest BCUT2D eigenvalue weighted by Gasteiger charge is 2.19. The van der Waals surface area contributed by atoms with Gasteiger partial charge in [0.25, 0.3) is 10.0 Å². The lowest BCUT2D eigenvalue weighted by Crippen LogP contribution is -2.16. The van der Waals surface area contributed by atoms with Crippen LogP contribution in [0, 0.1) is 0 Å². The molecule has 1 aliphatic heterocycles. The van der Waals surface area contributed by atoms with Gasteiger partial charge in [0, 0.05) is 12.2 Å². The van der Waals surface area contributed by atoms with E-state index in [0.717, 1.165) is 42.1 Å². The van der Waals surface area contributed by atoms with Crippen LogP contribution in [0.2, 0.25) is 0 Å². The molecule has 1 aromatic heterocycles. The summed E-state index contributed by atoms with van der Waals surface area (Å²) in [4.78, 5) is 0.262. The summed E-state index contributed by atoms with van der Waals surface area (Å²) in [7, 11) is -3.61. The molecule has 2 heterocycles. The van der Waals surface area contributed by atoms with E-state index in [4.69, 9.17) is 0 Å². The van der Waals surface area contributed by atoms with E-state index in [2.05, 4.69) is 20.2 Å². The topological polar surface area (TPSA) is 84.0 Å². The lowest BCUT2D eigenvalue weighted by atomic mass is 10.0. The summed E-state index contributed by atoms with van der Waals surface area (Å²) in [6, 6.07) is 5.16. The maximum atomic E-state index is 12.4. The number of benzene rings is 1. The van der Waals surface area contributed by atoms with Crippen molar-refractivity contribution in [3.05, 3.63) is 28.8 Å². The number of nitrogens with one attached hydrogen (secondary N) is 2. The van der Waals surface area contributed by atoms with Crippen molar-refractivity contribution >= 4 is 32.2 Å². The van der Waals surface area contributed by atoms with Crippen LogP contribution in [0.1, 0.15) is 23.9 Å². The Bertz CT molecular complexity index is 755. The van der Waals surface area contributed by atoms with Crippen molar-refractivity contribution < 1.29 is 8.42 Å². The number of nitrogens with zero attached hydrogens (tertiary/aromatic N) is 2. The minimum absolute atomic E-state index is 0.262. The fourth-order valence-corrected chi connectivity index (χ4v) is 4.19. The molecule has 1 aromatic carbocycles. The highest BCUT2D eigenvalue weighted by atomic mass is 32.2. The number of fused-ring (bicyclic) bond motifs is 1. The summed E-state index contributed by atoms with van der Waals surface area (Å²) in [6.07, 6.45) is 2.65. The Kier molecular flexibility index (Phi) is 3.81. The zero-order valence-corrected chi connectivity index (χ0v) is 13.2. The van der Waals surface area contributed by atoms with Crippen LogP contribution in [0.25, 0.3) is 0 Å². The van der Waals surface area contributed by atoms with Crippen LogP contribution in [0.15, 0.2) is 23.1 Å². The van der Waals surface area contributed by atoms with Gasteiger partial charge in [-0.3, -0.25) is 4.72 Å². The molecule has 8 heteroatoms. The number of anilines is 2. The molecule has 0 fully saturated rings. The maximum absolute atomic E-state index is 12.4. The van der Waals surface area contributed by atoms with Crippen molar-refractivity contribution in [2.45, 2.75) is 31.1 Å². The molecule has 2 N–H and O–H groups in total. The quantitative estimate of drug-likeness (QED) is 0.901. The summed E-state index contributed by atoms with van der Waals surface area (Å²) >= 11 is 1.26. The van der Waals surface area contributed by atoms with Gasteiger partial charge in [-0.15, -0.1) is 10.2 Å². The Morgan fingerprint density at radius 3 is 3.00 bits per heavy atom. The van der Waals surface area contributed by atoms with Crippen LogP contribution in [0.4, 0.5) is 10.8 Å². The summed E-state index contributed by atoms with van der Waals surface area (Å²) < 4.78 is 27.3.